The first-order chi connectivity index (χ1) is 25.6. The lowest BCUT2D eigenvalue weighted by Gasteiger charge is -2.30. The molecule has 0 radical (unpaired) electrons. The molecular formula is C35H45N6O12P. The van der Waals surface area contributed by atoms with Crippen LogP contribution in [0.5, 0.6) is 5.75 Å². The van der Waals surface area contributed by atoms with Crippen molar-refractivity contribution in [3.05, 3.63) is 59.9 Å². The lowest BCUT2D eigenvalue weighted by molar-refractivity contribution is -0.169. The van der Waals surface area contributed by atoms with Gasteiger partial charge >= 0.3 is 31.6 Å². The molecule has 3 aromatic rings. The number of aromatic nitrogens is 2. The normalized spacial score (nSPS) is 21.7. The minimum Gasteiger partial charge on any atom is -0.468 e. The molecule has 1 fully saturated rings. The molecule has 19 heteroatoms. The van der Waals surface area contributed by atoms with Crippen LogP contribution in [0.15, 0.2) is 48.7 Å². The maximum Gasteiger partial charge on any atom is 0.459 e. The first-order valence-electron chi connectivity index (χ1n) is 17.1. The molecule has 4 rings (SSSR count). The molecule has 3 heterocycles. The van der Waals surface area contributed by atoms with Gasteiger partial charge in [0.25, 0.3) is 0 Å². The van der Waals surface area contributed by atoms with Crippen molar-refractivity contribution in [2.24, 2.45) is 5.73 Å². The first-order valence-corrected chi connectivity index (χ1v) is 18.7. The van der Waals surface area contributed by atoms with E-state index in [-0.39, 0.29) is 30.7 Å². The van der Waals surface area contributed by atoms with E-state index in [0.29, 0.717) is 16.8 Å². The van der Waals surface area contributed by atoms with E-state index in [4.69, 9.17) is 39.5 Å². The number of carbonyl (C=O) groups is 4. The van der Waals surface area contributed by atoms with Gasteiger partial charge < -0.3 is 39.7 Å². The van der Waals surface area contributed by atoms with Gasteiger partial charge in [-0.15, -0.1) is 0 Å². The van der Waals surface area contributed by atoms with Gasteiger partial charge in [-0.25, -0.2) is 9.08 Å². The standard InChI is InChI=1S/C35H45N6O12P/c1-7-28(42)50-31-30(27-14-13-26-24(37)15-16-39-41(26)27)52-35(18-36,32(31)51-29(43)8-2)19-48-54(46,40-21(5)33(44)49-20(3)4)53-23-11-9-22(10-12-23)17-25(38)34(45)47-6/h9-16,20-21,25,30-32H,7-8,17,19,37-38H2,1-6H3,(H,40,46)/t21-,25-,30-,31-,32-,35+,54?/m0/s1. The van der Waals surface area contributed by atoms with Crippen molar-refractivity contribution in [2.75, 3.05) is 19.5 Å². The molecule has 0 spiro atoms. The SMILES string of the molecule is CCC(=O)O[C@H]1[C@H](c2ccc3c(N)ccnn23)O[C@](C#N)(COP(=O)(N[C@@H](C)C(=O)OC(C)C)Oc2ccc(C[C@H](N)C(=O)OC)cc2)[C@H]1OC(=O)CC. The number of nitrogens with one attached hydrogen (secondary N) is 1. The predicted octanol–water partition coefficient (Wildman–Crippen LogP) is 3.07. The van der Waals surface area contributed by atoms with Crippen LogP contribution < -0.4 is 21.1 Å². The Bertz CT molecular complexity index is 1910. The average Bonchev–Trinajstić information content (AvgIpc) is 3.70. The zero-order chi connectivity index (χ0) is 39.8. The van der Waals surface area contributed by atoms with E-state index in [1.807, 2.05) is 6.07 Å². The summed E-state index contributed by atoms with van der Waals surface area (Å²) < 4.78 is 55.5. The molecule has 2 aromatic heterocycles. The van der Waals surface area contributed by atoms with Gasteiger partial charge in [0.05, 0.1) is 30.1 Å². The van der Waals surface area contributed by atoms with E-state index in [0.717, 1.165) is 0 Å². The summed E-state index contributed by atoms with van der Waals surface area (Å²) in [6, 6.07) is 10.6. The number of hydrogen-bond donors (Lipinski definition) is 3. The quantitative estimate of drug-likeness (QED) is 0.101. The van der Waals surface area contributed by atoms with Crippen LogP contribution in [0.2, 0.25) is 0 Å². The van der Waals surface area contributed by atoms with Crippen molar-refractivity contribution < 1.29 is 56.5 Å². The molecule has 5 N–H and O–H groups in total. The number of benzene rings is 1. The second kappa shape index (κ2) is 17.9. The van der Waals surface area contributed by atoms with Gasteiger partial charge in [-0.3, -0.25) is 23.7 Å². The van der Waals surface area contributed by atoms with Crippen molar-refractivity contribution in [3.63, 3.8) is 0 Å². The molecule has 1 aliphatic heterocycles. The third-order valence-corrected chi connectivity index (χ3v) is 9.83. The molecule has 1 aromatic carbocycles. The summed E-state index contributed by atoms with van der Waals surface area (Å²) in [4.78, 5) is 50.3. The third-order valence-electron chi connectivity index (χ3n) is 8.21. The maximum atomic E-state index is 14.6. The topological polar surface area (TPSA) is 255 Å². The van der Waals surface area contributed by atoms with Gasteiger partial charge in [0.15, 0.2) is 12.2 Å². The number of carbonyl (C=O) groups excluding carboxylic acids is 4. The molecule has 0 bridgehead atoms. The molecule has 0 saturated carbocycles. The van der Waals surface area contributed by atoms with Crippen LogP contribution in [-0.2, 0) is 58.4 Å². The fourth-order valence-electron chi connectivity index (χ4n) is 5.48. The van der Waals surface area contributed by atoms with E-state index in [1.165, 1.54) is 43.8 Å². The highest BCUT2D eigenvalue weighted by Crippen LogP contribution is 2.50. The smallest absolute Gasteiger partial charge is 0.459 e. The van der Waals surface area contributed by atoms with Crippen molar-refractivity contribution in [1.82, 2.24) is 14.7 Å². The summed E-state index contributed by atoms with van der Waals surface area (Å²) in [6.07, 6.45) is -3.47. The maximum absolute atomic E-state index is 14.6. The van der Waals surface area contributed by atoms with Crippen LogP contribution in [-0.4, -0.2) is 83.2 Å². The van der Waals surface area contributed by atoms with Gasteiger partial charge in [0.2, 0.25) is 5.60 Å². The highest BCUT2D eigenvalue weighted by Gasteiger charge is 2.62. The number of rotatable bonds is 17. The number of methoxy groups -OCH3 is 1. The van der Waals surface area contributed by atoms with Gasteiger partial charge in [0.1, 0.15) is 36.6 Å². The molecule has 54 heavy (non-hydrogen) atoms. The number of fused-ring (bicyclic) bond motifs is 1. The van der Waals surface area contributed by atoms with Crippen LogP contribution in [0, 0.1) is 11.3 Å². The Hall–Kier alpha value is -5.05. The number of nitrogens with two attached hydrogens (primary N) is 2. The minimum atomic E-state index is -4.68. The molecule has 0 amide bonds. The molecule has 0 aliphatic carbocycles. The second-order valence-corrected chi connectivity index (χ2v) is 14.3. The summed E-state index contributed by atoms with van der Waals surface area (Å²) in [6.45, 7) is 6.81. The van der Waals surface area contributed by atoms with E-state index in [1.54, 1.807) is 51.1 Å². The number of esters is 4. The fourth-order valence-corrected chi connectivity index (χ4v) is 7.00. The highest BCUT2D eigenvalue weighted by molar-refractivity contribution is 7.52. The second-order valence-electron chi connectivity index (χ2n) is 12.6. The zero-order valence-corrected chi connectivity index (χ0v) is 31.6. The summed E-state index contributed by atoms with van der Waals surface area (Å²) >= 11 is 0. The Morgan fingerprint density at radius 3 is 2.31 bits per heavy atom. The Labute approximate surface area is 311 Å². The van der Waals surface area contributed by atoms with Crippen LogP contribution in [0.1, 0.15) is 64.8 Å². The van der Waals surface area contributed by atoms with E-state index in [2.05, 4.69) is 14.9 Å². The Kier molecular flexibility index (Phi) is 13.8. The summed E-state index contributed by atoms with van der Waals surface area (Å²) in [5, 5.41) is 17.7. The number of nitriles is 1. The monoisotopic (exact) mass is 772 g/mol. The Balaban J connectivity index is 1.74. The minimum absolute atomic E-state index is 0.00564. The first kappa shape index (κ1) is 41.7. The van der Waals surface area contributed by atoms with Crippen LogP contribution in [0.4, 0.5) is 5.69 Å². The molecule has 292 valence electrons. The number of hydrogen-bond acceptors (Lipinski definition) is 16. The lowest BCUT2D eigenvalue weighted by Crippen LogP contribution is -2.49. The van der Waals surface area contributed by atoms with Crippen LogP contribution >= 0.6 is 7.75 Å². The summed E-state index contributed by atoms with van der Waals surface area (Å²) in [5.74, 6) is -2.86. The van der Waals surface area contributed by atoms with Gasteiger partial charge in [-0.05, 0) is 63.1 Å². The molecule has 1 saturated heterocycles. The van der Waals surface area contributed by atoms with Gasteiger partial charge in [-0.1, -0.05) is 26.0 Å². The summed E-state index contributed by atoms with van der Waals surface area (Å²) in [5.41, 5.74) is 11.5. The van der Waals surface area contributed by atoms with Crippen molar-refractivity contribution in [1.29, 1.82) is 5.26 Å². The number of nitrogen functional groups attached to an aromatic ring is 1. The van der Waals surface area contributed by atoms with E-state index < -0.39 is 80.3 Å². The largest absolute Gasteiger partial charge is 0.468 e. The third kappa shape index (κ3) is 9.73. The average molecular weight is 773 g/mol. The zero-order valence-electron chi connectivity index (χ0n) is 30.8. The predicted molar refractivity (Wildman–Crippen MR) is 190 cm³/mol. The number of anilines is 1. The Morgan fingerprint density at radius 2 is 1.70 bits per heavy atom. The highest BCUT2D eigenvalue weighted by atomic mass is 31.2. The molecule has 18 nitrogen and oxygen atoms in total. The summed E-state index contributed by atoms with van der Waals surface area (Å²) in [7, 11) is -3.45. The molecular weight excluding hydrogens is 727 g/mol. The van der Waals surface area contributed by atoms with Crippen molar-refractivity contribution in [2.45, 2.75) is 96.0 Å². The van der Waals surface area contributed by atoms with Crippen LogP contribution in [0.3, 0.4) is 0 Å². The molecule has 7 atom stereocenters. The Morgan fingerprint density at radius 1 is 1.04 bits per heavy atom. The molecule has 1 unspecified atom stereocenters. The van der Waals surface area contributed by atoms with Crippen LogP contribution in [0.25, 0.3) is 5.52 Å². The van der Waals surface area contributed by atoms with Crippen molar-refractivity contribution in [3.8, 4) is 11.8 Å². The van der Waals surface area contributed by atoms with E-state index in [9.17, 15) is 29.0 Å². The molecule has 1 aliphatic rings. The van der Waals surface area contributed by atoms with E-state index >= 15 is 0 Å². The number of ether oxygens (including phenoxy) is 5. The van der Waals surface area contributed by atoms with Gasteiger partial charge in [-0.2, -0.15) is 15.4 Å². The van der Waals surface area contributed by atoms with Crippen molar-refractivity contribution >= 4 is 42.8 Å². The number of nitrogens with zero attached hydrogens (tertiary/aromatic N) is 3. The fraction of sp³-hybridized carbons (Fsp3) is 0.486. The lowest BCUT2D eigenvalue weighted by atomic mass is 9.95. The van der Waals surface area contributed by atoms with Gasteiger partial charge in [0, 0.05) is 19.0 Å².